The van der Waals surface area contributed by atoms with Gasteiger partial charge in [-0.3, -0.25) is 9.78 Å². The number of methoxy groups -OCH3 is 1. The first-order valence-electron chi connectivity index (χ1n) is 8.14. The lowest BCUT2D eigenvalue weighted by Gasteiger charge is -2.29. The molecule has 5 heteroatoms. The number of carbonyl (C=O) groups excluding carboxylic acids is 1. The van der Waals surface area contributed by atoms with Gasteiger partial charge in [-0.2, -0.15) is 5.10 Å². The van der Waals surface area contributed by atoms with E-state index in [9.17, 15) is 4.79 Å². The number of amides is 1. The number of hydrogen-bond donors (Lipinski definition) is 0. The van der Waals surface area contributed by atoms with Crippen molar-refractivity contribution in [2.75, 3.05) is 7.11 Å². The standard InChI is InChI=1S/C19H19N3O2/c1-12(23)22-19(14-7-9-20-10-8-14)16-6-4-13-3-5-15(24-2)11-17(13)18(16)21-22/h3,5,7-11,16,19H,4,6H2,1-2H3/t16-,19?/m0/s1. The molecule has 1 aliphatic carbocycles. The molecule has 1 amide bonds. The number of hydrogen-bond acceptors (Lipinski definition) is 4. The van der Waals surface area contributed by atoms with Gasteiger partial charge in [-0.25, -0.2) is 5.01 Å². The van der Waals surface area contributed by atoms with E-state index >= 15 is 0 Å². The number of rotatable bonds is 2. The van der Waals surface area contributed by atoms with Crippen LogP contribution in [0.3, 0.4) is 0 Å². The smallest absolute Gasteiger partial charge is 0.240 e. The van der Waals surface area contributed by atoms with Gasteiger partial charge in [0.05, 0.1) is 18.9 Å². The number of fused-ring (bicyclic) bond motifs is 3. The van der Waals surface area contributed by atoms with Gasteiger partial charge >= 0.3 is 0 Å². The van der Waals surface area contributed by atoms with Crippen LogP contribution >= 0.6 is 0 Å². The van der Waals surface area contributed by atoms with Crippen molar-refractivity contribution in [3.63, 3.8) is 0 Å². The van der Waals surface area contributed by atoms with Gasteiger partial charge in [0, 0.05) is 30.8 Å². The fraction of sp³-hybridized carbons (Fsp3) is 0.316. The average molecular weight is 321 g/mol. The molecule has 1 aromatic carbocycles. The van der Waals surface area contributed by atoms with Crippen LogP contribution in [0.1, 0.15) is 36.1 Å². The van der Waals surface area contributed by atoms with Crippen molar-refractivity contribution >= 4 is 11.6 Å². The van der Waals surface area contributed by atoms with Crippen LogP contribution in [0.2, 0.25) is 0 Å². The normalized spacial score (nSPS) is 21.8. The molecule has 0 N–H and O–H groups in total. The lowest BCUT2D eigenvalue weighted by atomic mass is 9.77. The molecule has 1 unspecified atom stereocenters. The Morgan fingerprint density at radius 1 is 1.25 bits per heavy atom. The molecule has 5 nitrogen and oxygen atoms in total. The molecule has 4 rings (SSSR count). The van der Waals surface area contributed by atoms with Crippen molar-refractivity contribution < 1.29 is 9.53 Å². The Kier molecular flexibility index (Phi) is 3.56. The largest absolute Gasteiger partial charge is 0.497 e. The summed E-state index contributed by atoms with van der Waals surface area (Å²) >= 11 is 0. The van der Waals surface area contributed by atoms with E-state index in [4.69, 9.17) is 9.84 Å². The number of nitrogens with zero attached hydrogens (tertiary/aromatic N) is 3. The van der Waals surface area contributed by atoms with E-state index < -0.39 is 0 Å². The molecule has 122 valence electrons. The van der Waals surface area contributed by atoms with Crippen LogP contribution in [-0.4, -0.2) is 28.7 Å². The van der Waals surface area contributed by atoms with Gasteiger partial charge in [-0.15, -0.1) is 0 Å². The minimum absolute atomic E-state index is 0.0387. The second kappa shape index (κ2) is 5.74. The highest BCUT2D eigenvalue weighted by Gasteiger charge is 2.43. The molecule has 0 saturated heterocycles. The van der Waals surface area contributed by atoms with Crippen LogP contribution in [0.4, 0.5) is 0 Å². The first-order chi connectivity index (χ1) is 11.7. The third-order valence-electron chi connectivity index (χ3n) is 4.90. The summed E-state index contributed by atoms with van der Waals surface area (Å²) in [5.41, 5.74) is 4.44. The van der Waals surface area contributed by atoms with Crippen molar-refractivity contribution in [3.05, 3.63) is 59.4 Å². The van der Waals surface area contributed by atoms with Gasteiger partial charge in [0.1, 0.15) is 5.75 Å². The van der Waals surface area contributed by atoms with Crippen molar-refractivity contribution in [1.82, 2.24) is 9.99 Å². The maximum atomic E-state index is 12.2. The predicted molar refractivity (Wildman–Crippen MR) is 90.8 cm³/mol. The summed E-state index contributed by atoms with van der Waals surface area (Å²) in [4.78, 5) is 16.3. The minimum Gasteiger partial charge on any atom is -0.497 e. The van der Waals surface area contributed by atoms with Crippen molar-refractivity contribution in [2.24, 2.45) is 11.0 Å². The minimum atomic E-state index is -0.0557. The summed E-state index contributed by atoms with van der Waals surface area (Å²) in [6.45, 7) is 1.57. The molecule has 0 spiro atoms. The lowest BCUT2D eigenvalue weighted by molar-refractivity contribution is -0.131. The van der Waals surface area contributed by atoms with E-state index in [1.54, 1.807) is 31.4 Å². The molecule has 2 atom stereocenters. The molecule has 1 aromatic heterocycles. The third-order valence-corrected chi connectivity index (χ3v) is 4.90. The molecule has 0 radical (unpaired) electrons. The van der Waals surface area contributed by atoms with Gasteiger partial charge in [0.25, 0.3) is 0 Å². The highest BCUT2D eigenvalue weighted by atomic mass is 16.5. The van der Waals surface area contributed by atoms with Crippen LogP contribution in [-0.2, 0) is 11.2 Å². The van der Waals surface area contributed by atoms with Crippen molar-refractivity contribution in [3.8, 4) is 5.75 Å². The van der Waals surface area contributed by atoms with Gasteiger partial charge in [-0.1, -0.05) is 6.07 Å². The second-order valence-electron chi connectivity index (χ2n) is 6.24. The monoisotopic (exact) mass is 321 g/mol. The number of aryl methyl sites for hydroxylation is 1. The van der Waals surface area contributed by atoms with Crippen molar-refractivity contribution in [2.45, 2.75) is 25.8 Å². The number of ether oxygens (including phenoxy) is 1. The highest BCUT2D eigenvalue weighted by Crippen LogP contribution is 2.43. The Labute approximate surface area is 141 Å². The molecular formula is C19H19N3O2. The summed E-state index contributed by atoms with van der Waals surface area (Å²) in [6.07, 6.45) is 5.50. The molecule has 2 heterocycles. The first kappa shape index (κ1) is 14.9. The van der Waals surface area contributed by atoms with Crippen LogP contribution < -0.4 is 4.74 Å². The SMILES string of the molecule is COc1ccc2c(c1)C1=NN(C(C)=O)C(c3ccncc3)[C@H]1CC2. The molecule has 0 saturated carbocycles. The molecule has 2 aliphatic rings. The summed E-state index contributed by atoms with van der Waals surface area (Å²) < 4.78 is 5.37. The Morgan fingerprint density at radius 2 is 2.04 bits per heavy atom. The fourth-order valence-corrected chi connectivity index (χ4v) is 3.77. The zero-order chi connectivity index (χ0) is 16.7. The summed E-state index contributed by atoms with van der Waals surface area (Å²) in [5, 5.41) is 6.34. The van der Waals surface area contributed by atoms with E-state index in [-0.39, 0.29) is 17.9 Å². The van der Waals surface area contributed by atoms with E-state index in [1.165, 1.54) is 5.56 Å². The van der Waals surface area contributed by atoms with E-state index in [0.717, 1.165) is 35.4 Å². The maximum absolute atomic E-state index is 12.2. The van der Waals surface area contributed by atoms with Crippen LogP contribution in [0.15, 0.2) is 47.8 Å². The van der Waals surface area contributed by atoms with Crippen LogP contribution in [0.25, 0.3) is 0 Å². The van der Waals surface area contributed by atoms with Gasteiger partial charge in [-0.05, 0) is 48.2 Å². The number of pyridine rings is 1. The van der Waals surface area contributed by atoms with Gasteiger partial charge in [0.15, 0.2) is 0 Å². The van der Waals surface area contributed by atoms with E-state index in [2.05, 4.69) is 11.1 Å². The number of aromatic nitrogens is 1. The Balaban J connectivity index is 1.81. The molecule has 0 bridgehead atoms. The molecule has 24 heavy (non-hydrogen) atoms. The summed E-state index contributed by atoms with van der Waals surface area (Å²) in [5.74, 6) is 0.984. The van der Waals surface area contributed by atoms with Gasteiger partial charge in [0.2, 0.25) is 5.91 Å². The molecule has 2 aromatic rings. The van der Waals surface area contributed by atoms with Crippen LogP contribution in [0, 0.1) is 5.92 Å². The third kappa shape index (κ3) is 2.28. The average Bonchev–Trinajstić information content (AvgIpc) is 3.02. The van der Waals surface area contributed by atoms with E-state index in [0.29, 0.717) is 0 Å². The molecular weight excluding hydrogens is 302 g/mol. The zero-order valence-corrected chi connectivity index (χ0v) is 13.8. The lowest BCUT2D eigenvalue weighted by Crippen LogP contribution is -2.31. The Bertz CT molecular complexity index is 817. The first-order valence-corrected chi connectivity index (χ1v) is 8.14. The predicted octanol–water partition coefficient (Wildman–Crippen LogP) is 2.96. The summed E-state index contributed by atoms with van der Waals surface area (Å²) in [7, 11) is 1.67. The van der Waals surface area contributed by atoms with Crippen LogP contribution in [0.5, 0.6) is 5.75 Å². The summed E-state index contributed by atoms with van der Waals surface area (Å²) in [6, 6.07) is 10.0. The van der Waals surface area contributed by atoms with E-state index in [1.807, 2.05) is 24.3 Å². The quantitative estimate of drug-likeness (QED) is 0.854. The fourth-order valence-electron chi connectivity index (χ4n) is 3.77. The van der Waals surface area contributed by atoms with Gasteiger partial charge < -0.3 is 4.74 Å². The maximum Gasteiger partial charge on any atom is 0.240 e. The Hall–Kier alpha value is -2.69. The zero-order valence-electron chi connectivity index (χ0n) is 13.8. The number of benzene rings is 1. The second-order valence-corrected chi connectivity index (χ2v) is 6.24. The molecule has 0 fully saturated rings. The highest BCUT2D eigenvalue weighted by molar-refractivity contribution is 6.07. The van der Waals surface area contributed by atoms with Crippen molar-refractivity contribution in [1.29, 1.82) is 0 Å². The number of carbonyl (C=O) groups is 1. The number of hydrazone groups is 1. The topological polar surface area (TPSA) is 54.8 Å². The molecule has 1 aliphatic heterocycles. The Morgan fingerprint density at radius 3 is 2.75 bits per heavy atom.